The van der Waals surface area contributed by atoms with E-state index in [1.54, 1.807) is 22.7 Å². The number of nitrogens with zero attached hydrogens (tertiary/aromatic N) is 2. The van der Waals surface area contributed by atoms with Crippen LogP contribution in [0.25, 0.3) is 0 Å². The van der Waals surface area contributed by atoms with E-state index >= 15 is 0 Å². The molecule has 1 aliphatic rings. The van der Waals surface area contributed by atoms with Crippen molar-refractivity contribution in [1.82, 2.24) is 15.3 Å². The summed E-state index contributed by atoms with van der Waals surface area (Å²) in [4.78, 5) is 21.9. The summed E-state index contributed by atoms with van der Waals surface area (Å²) in [5, 5.41) is 9.50. The van der Waals surface area contributed by atoms with Crippen LogP contribution in [-0.4, -0.2) is 15.9 Å². The summed E-state index contributed by atoms with van der Waals surface area (Å²) in [7, 11) is 0. The van der Waals surface area contributed by atoms with Gasteiger partial charge in [-0.1, -0.05) is 33.6 Å². The molecule has 130 valence electrons. The molecule has 24 heavy (non-hydrogen) atoms. The highest BCUT2D eigenvalue weighted by Crippen LogP contribution is 2.40. The standard InChI is InChI=1S/C18H25N3OS2/c1-12-10-23-16(19-12)18(7-5-6-8-18)21-14(22)9-13-11-24-15(20-13)17(2,3)4/h10-11H,5-9H2,1-4H3,(H,21,22). The lowest BCUT2D eigenvalue weighted by atomic mass is 9.97. The van der Waals surface area contributed by atoms with Crippen molar-refractivity contribution in [1.29, 1.82) is 0 Å². The maximum atomic E-state index is 12.6. The highest BCUT2D eigenvalue weighted by molar-refractivity contribution is 7.10. The van der Waals surface area contributed by atoms with Crippen molar-refractivity contribution in [2.75, 3.05) is 0 Å². The van der Waals surface area contributed by atoms with E-state index in [4.69, 9.17) is 0 Å². The zero-order valence-electron chi connectivity index (χ0n) is 14.8. The quantitative estimate of drug-likeness (QED) is 0.879. The molecule has 2 heterocycles. The Labute approximate surface area is 151 Å². The van der Waals surface area contributed by atoms with Crippen molar-refractivity contribution in [2.24, 2.45) is 0 Å². The molecule has 4 nitrogen and oxygen atoms in total. The lowest BCUT2D eigenvalue weighted by molar-refractivity contribution is -0.122. The summed E-state index contributed by atoms with van der Waals surface area (Å²) in [6.07, 6.45) is 4.60. The van der Waals surface area contributed by atoms with Gasteiger partial charge in [-0.2, -0.15) is 0 Å². The predicted octanol–water partition coefficient (Wildman–Crippen LogP) is 4.33. The van der Waals surface area contributed by atoms with Crippen LogP contribution in [0.3, 0.4) is 0 Å². The van der Waals surface area contributed by atoms with Gasteiger partial charge in [-0.15, -0.1) is 22.7 Å². The summed E-state index contributed by atoms with van der Waals surface area (Å²) in [6, 6.07) is 0. The van der Waals surface area contributed by atoms with E-state index < -0.39 is 0 Å². The van der Waals surface area contributed by atoms with Crippen LogP contribution in [0.15, 0.2) is 10.8 Å². The van der Waals surface area contributed by atoms with Crippen LogP contribution in [0.5, 0.6) is 0 Å². The average molecular weight is 364 g/mol. The van der Waals surface area contributed by atoms with Gasteiger partial charge in [0.05, 0.1) is 22.7 Å². The molecule has 2 aromatic rings. The van der Waals surface area contributed by atoms with Gasteiger partial charge in [0.15, 0.2) is 0 Å². The van der Waals surface area contributed by atoms with Gasteiger partial charge in [-0.05, 0) is 19.8 Å². The Morgan fingerprint density at radius 1 is 1.21 bits per heavy atom. The van der Waals surface area contributed by atoms with Gasteiger partial charge < -0.3 is 5.32 Å². The molecular weight excluding hydrogens is 338 g/mol. The Morgan fingerprint density at radius 3 is 2.46 bits per heavy atom. The minimum absolute atomic E-state index is 0.0322. The van der Waals surface area contributed by atoms with Crippen LogP contribution in [0.1, 0.15) is 67.9 Å². The number of aromatic nitrogens is 2. The van der Waals surface area contributed by atoms with Crippen molar-refractivity contribution in [3.8, 4) is 0 Å². The maximum Gasteiger partial charge on any atom is 0.226 e. The molecule has 0 radical (unpaired) electrons. The first-order valence-electron chi connectivity index (χ1n) is 8.47. The smallest absolute Gasteiger partial charge is 0.226 e. The Bertz CT molecular complexity index is 721. The molecule has 0 bridgehead atoms. The Hall–Kier alpha value is -1.27. The van der Waals surface area contributed by atoms with Crippen molar-refractivity contribution in [3.05, 3.63) is 32.2 Å². The number of carbonyl (C=O) groups excluding carboxylic acids is 1. The Morgan fingerprint density at radius 2 is 1.92 bits per heavy atom. The fourth-order valence-electron chi connectivity index (χ4n) is 3.15. The van der Waals surface area contributed by atoms with Crippen LogP contribution in [0.2, 0.25) is 0 Å². The topological polar surface area (TPSA) is 54.9 Å². The van der Waals surface area contributed by atoms with Gasteiger partial charge in [0, 0.05) is 21.9 Å². The van der Waals surface area contributed by atoms with Gasteiger partial charge in [-0.3, -0.25) is 4.79 Å². The number of hydrogen-bond donors (Lipinski definition) is 1. The SMILES string of the molecule is Cc1csc(C2(NC(=O)Cc3csc(C(C)(C)C)n3)CCCC2)n1. The highest BCUT2D eigenvalue weighted by atomic mass is 32.1. The summed E-state index contributed by atoms with van der Waals surface area (Å²) in [5.74, 6) is 0.0514. The summed E-state index contributed by atoms with van der Waals surface area (Å²) in [6.45, 7) is 8.45. The van der Waals surface area contributed by atoms with E-state index in [2.05, 4.69) is 41.4 Å². The lowest BCUT2D eigenvalue weighted by Crippen LogP contribution is -2.44. The number of hydrogen-bond acceptors (Lipinski definition) is 5. The van der Waals surface area contributed by atoms with E-state index in [9.17, 15) is 4.79 Å². The maximum absolute atomic E-state index is 12.6. The van der Waals surface area contributed by atoms with Gasteiger partial charge in [0.2, 0.25) is 5.91 Å². The number of amides is 1. The molecule has 1 amide bonds. The van der Waals surface area contributed by atoms with Crippen molar-refractivity contribution in [3.63, 3.8) is 0 Å². The third-order valence-electron chi connectivity index (χ3n) is 4.40. The van der Waals surface area contributed by atoms with Gasteiger partial charge in [-0.25, -0.2) is 9.97 Å². The van der Waals surface area contributed by atoms with Crippen LogP contribution in [0, 0.1) is 6.92 Å². The molecule has 1 N–H and O–H groups in total. The van der Waals surface area contributed by atoms with E-state index in [1.165, 1.54) is 0 Å². The number of aryl methyl sites for hydroxylation is 1. The minimum atomic E-state index is -0.265. The largest absolute Gasteiger partial charge is 0.344 e. The fraction of sp³-hybridized carbons (Fsp3) is 0.611. The van der Waals surface area contributed by atoms with Crippen LogP contribution in [-0.2, 0) is 22.2 Å². The van der Waals surface area contributed by atoms with E-state index in [0.29, 0.717) is 6.42 Å². The highest BCUT2D eigenvalue weighted by Gasteiger charge is 2.39. The molecule has 1 aliphatic carbocycles. The molecular formula is C18H25N3OS2. The van der Waals surface area contributed by atoms with E-state index in [1.807, 2.05) is 12.3 Å². The molecule has 0 spiro atoms. The zero-order valence-corrected chi connectivity index (χ0v) is 16.4. The Kier molecular flexibility index (Phi) is 4.80. The second kappa shape index (κ2) is 6.56. The molecule has 0 saturated heterocycles. The third-order valence-corrected chi connectivity index (χ3v) is 6.88. The van der Waals surface area contributed by atoms with Crippen molar-refractivity contribution < 1.29 is 4.79 Å². The summed E-state index contributed by atoms with van der Waals surface area (Å²) in [5.41, 5.74) is 1.67. The average Bonchev–Trinajstić information content (AvgIpc) is 3.18. The van der Waals surface area contributed by atoms with Gasteiger partial charge in [0.1, 0.15) is 5.01 Å². The van der Waals surface area contributed by atoms with E-state index in [-0.39, 0.29) is 16.9 Å². The molecule has 0 atom stereocenters. The van der Waals surface area contributed by atoms with Gasteiger partial charge in [0.25, 0.3) is 0 Å². The molecule has 0 aliphatic heterocycles. The normalized spacial score (nSPS) is 17.2. The van der Waals surface area contributed by atoms with Crippen LogP contribution in [0.4, 0.5) is 0 Å². The minimum Gasteiger partial charge on any atom is -0.344 e. The first kappa shape index (κ1) is 17.5. The second-order valence-corrected chi connectivity index (χ2v) is 9.42. The molecule has 1 saturated carbocycles. The van der Waals surface area contributed by atoms with Crippen molar-refractivity contribution >= 4 is 28.6 Å². The lowest BCUT2D eigenvalue weighted by Gasteiger charge is -2.28. The monoisotopic (exact) mass is 363 g/mol. The number of rotatable bonds is 4. The van der Waals surface area contributed by atoms with Gasteiger partial charge >= 0.3 is 0 Å². The molecule has 2 aromatic heterocycles. The first-order valence-corrected chi connectivity index (χ1v) is 10.2. The second-order valence-electron chi connectivity index (χ2n) is 7.70. The van der Waals surface area contributed by atoms with E-state index in [0.717, 1.165) is 47.1 Å². The summed E-state index contributed by atoms with van der Waals surface area (Å²) >= 11 is 3.30. The zero-order chi connectivity index (χ0) is 17.4. The molecule has 6 heteroatoms. The number of nitrogens with one attached hydrogen (secondary N) is 1. The molecule has 0 aromatic carbocycles. The van der Waals surface area contributed by atoms with Crippen molar-refractivity contribution in [2.45, 2.75) is 70.8 Å². The first-order chi connectivity index (χ1) is 11.3. The summed E-state index contributed by atoms with van der Waals surface area (Å²) < 4.78 is 0. The third kappa shape index (κ3) is 3.70. The molecule has 3 rings (SSSR count). The predicted molar refractivity (Wildman–Crippen MR) is 99.7 cm³/mol. The molecule has 1 fully saturated rings. The van der Waals surface area contributed by atoms with Crippen LogP contribution >= 0.6 is 22.7 Å². The fourth-order valence-corrected chi connectivity index (χ4v) is 5.07. The number of carbonyl (C=O) groups is 1. The van der Waals surface area contributed by atoms with Crippen LogP contribution < -0.4 is 5.32 Å². The Balaban J connectivity index is 1.72. The number of thiazole rings is 2. The molecule has 0 unspecified atom stereocenters.